The highest BCUT2D eigenvalue weighted by Crippen LogP contribution is 2.48. The Morgan fingerprint density at radius 3 is 2.42 bits per heavy atom. The lowest BCUT2D eigenvalue weighted by Gasteiger charge is -2.32. The second-order valence-electron chi connectivity index (χ2n) is 10.4. The maximum absolute atomic E-state index is 13.4. The lowest BCUT2D eigenvalue weighted by molar-refractivity contribution is -0.140. The Hall–Kier alpha value is -2.56. The molecular formula is C28H32Cl2F4N4O2. The zero-order chi connectivity index (χ0) is 28.9. The third-order valence-electron chi connectivity index (χ3n) is 7.40. The Labute approximate surface area is 240 Å². The summed E-state index contributed by atoms with van der Waals surface area (Å²) in [5.74, 6) is -1.12. The van der Waals surface area contributed by atoms with E-state index in [1.807, 2.05) is 12.1 Å². The standard InChI is InChI=1S/C28H32Cl2F4N4O2/c29-23-6-4-17(14-24(23)30)20-16-21(20)26(39)35-10-2-1-3-11-38-12-8-18(9-13-38)36-27(40)37-19-5-7-25(31)22(15-19)28(32,33)34/h4-7,14-15,18,20-21H,1-3,8-13,16H2,(H,35,39)(H2,36,37,40). The molecule has 1 aliphatic heterocycles. The van der Waals surface area contributed by atoms with E-state index in [2.05, 4.69) is 20.9 Å². The Morgan fingerprint density at radius 1 is 0.975 bits per heavy atom. The van der Waals surface area contributed by atoms with Crippen molar-refractivity contribution in [2.75, 3.05) is 31.5 Å². The van der Waals surface area contributed by atoms with Gasteiger partial charge in [0.2, 0.25) is 5.91 Å². The molecule has 3 N–H and O–H groups in total. The van der Waals surface area contributed by atoms with Crippen molar-refractivity contribution in [2.45, 2.75) is 56.7 Å². The van der Waals surface area contributed by atoms with Crippen molar-refractivity contribution in [1.29, 1.82) is 0 Å². The summed E-state index contributed by atoms with van der Waals surface area (Å²) in [5.41, 5.74) is -0.498. The molecule has 2 unspecified atom stereocenters. The lowest BCUT2D eigenvalue weighted by Crippen LogP contribution is -2.46. The maximum atomic E-state index is 13.4. The summed E-state index contributed by atoms with van der Waals surface area (Å²) >= 11 is 12.0. The van der Waals surface area contributed by atoms with Crippen molar-refractivity contribution in [3.05, 3.63) is 63.4 Å². The number of alkyl halides is 3. The van der Waals surface area contributed by atoms with E-state index in [1.165, 1.54) is 0 Å². The number of unbranched alkanes of at least 4 members (excludes halogenated alkanes) is 2. The third-order valence-corrected chi connectivity index (χ3v) is 8.14. The van der Waals surface area contributed by atoms with Crippen molar-refractivity contribution in [3.63, 3.8) is 0 Å². The third kappa shape index (κ3) is 8.47. The normalized spacial score (nSPS) is 19.8. The fraction of sp³-hybridized carbons (Fsp3) is 0.500. The summed E-state index contributed by atoms with van der Waals surface area (Å²) in [6.45, 7) is 3.16. The van der Waals surface area contributed by atoms with Crippen molar-refractivity contribution in [3.8, 4) is 0 Å². The molecule has 1 aliphatic carbocycles. The highest BCUT2D eigenvalue weighted by Gasteiger charge is 2.43. The van der Waals surface area contributed by atoms with E-state index in [4.69, 9.17) is 23.2 Å². The molecular weight excluding hydrogens is 571 g/mol. The molecule has 1 saturated carbocycles. The van der Waals surface area contributed by atoms with Crippen molar-refractivity contribution in [2.24, 2.45) is 5.92 Å². The number of nitrogens with zero attached hydrogens (tertiary/aromatic N) is 1. The molecule has 0 bridgehead atoms. The van der Waals surface area contributed by atoms with Gasteiger partial charge in [0, 0.05) is 37.3 Å². The van der Waals surface area contributed by atoms with Crippen LogP contribution in [0.4, 0.5) is 28.0 Å². The monoisotopic (exact) mass is 602 g/mol. The molecule has 2 aromatic rings. The Bertz CT molecular complexity index is 1210. The van der Waals surface area contributed by atoms with E-state index in [9.17, 15) is 27.2 Å². The van der Waals surface area contributed by atoms with E-state index in [0.29, 0.717) is 28.7 Å². The molecule has 0 aromatic heterocycles. The number of carbonyl (C=O) groups excluding carboxylic acids is 2. The maximum Gasteiger partial charge on any atom is 0.419 e. The van der Waals surface area contributed by atoms with Crippen LogP contribution in [-0.4, -0.2) is 49.1 Å². The SMILES string of the molecule is O=C(Nc1ccc(F)c(C(F)(F)F)c1)NC1CCN(CCCCCNC(=O)C2CC2c2ccc(Cl)c(Cl)c2)CC1. The first-order valence-corrected chi connectivity index (χ1v) is 14.2. The van der Waals surface area contributed by atoms with Crippen LogP contribution in [0.2, 0.25) is 10.0 Å². The van der Waals surface area contributed by atoms with Gasteiger partial charge < -0.3 is 20.9 Å². The first-order chi connectivity index (χ1) is 19.0. The first-order valence-electron chi connectivity index (χ1n) is 13.4. The van der Waals surface area contributed by atoms with Crippen molar-refractivity contribution < 1.29 is 27.2 Å². The number of hydrogen-bond donors (Lipinski definition) is 3. The predicted molar refractivity (Wildman–Crippen MR) is 147 cm³/mol. The van der Waals surface area contributed by atoms with Crippen LogP contribution in [0.1, 0.15) is 55.6 Å². The van der Waals surface area contributed by atoms with Gasteiger partial charge in [-0.05, 0) is 80.5 Å². The molecule has 2 aromatic carbocycles. The highest BCUT2D eigenvalue weighted by molar-refractivity contribution is 6.42. The molecule has 0 spiro atoms. The number of likely N-dealkylation sites (tertiary alicyclic amines) is 1. The van der Waals surface area contributed by atoms with E-state index < -0.39 is 23.6 Å². The van der Waals surface area contributed by atoms with Gasteiger partial charge in [-0.2, -0.15) is 13.2 Å². The average molecular weight is 603 g/mol. The molecule has 218 valence electrons. The number of benzene rings is 2. The molecule has 40 heavy (non-hydrogen) atoms. The number of halogens is 6. The van der Waals surface area contributed by atoms with Gasteiger partial charge in [0.1, 0.15) is 5.82 Å². The fourth-order valence-electron chi connectivity index (χ4n) is 5.05. The first kappa shape index (κ1) is 30.4. The average Bonchev–Trinajstić information content (AvgIpc) is 3.70. The van der Waals surface area contributed by atoms with Gasteiger partial charge in [0.15, 0.2) is 0 Å². The number of piperidine rings is 1. The zero-order valence-electron chi connectivity index (χ0n) is 21.8. The molecule has 2 aliphatic rings. The topological polar surface area (TPSA) is 73.5 Å². The summed E-state index contributed by atoms with van der Waals surface area (Å²) in [6.07, 6.45) is 0.307. The van der Waals surface area contributed by atoms with Gasteiger partial charge in [-0.3, -0.25) is 4.79 Å². The Morgan fingerprint density at radius 2 is 1.73 bits per heavy atom. The van der Waals surface area contributed by atoms with Gasteiger partial charge in [-0.1, -0.05) is 35.7 Å². The highest BCUT2D eigenvalue weighted by atomic mass is 35.5. The number of carbonyl (C=O) groups is 2. The number of urea groups is 1. The van der Waals surface area contributed by atoms with Crippen LogP contribution in [0.3, 0.4) is 0 Å². The molecule has 12 heteroatoms. The molecule has 4 rings (SSSR count). The van der Waals surface area contributed by atoms with Gasteiger partial charge in [-0.15, -0.1) is 0 Å². The number of rotatable bonds is 10. The molecule has 6 nitrogen and oxygen atoms in total. The summed E-state index contributed by atoms with van der Waals surface area (Å²) in [7, 11) is 0. The van der Waals surface area contributed by atoms with Gasteiger partial charge in [-0.25, -0.2) is 9.18 Å². The quantitative estimate of drug-likeness (QED) is 0.206. The summed E-state index contributed by atoms with van der Waals surface area (Å²) in [5, 5.41) is 9.18. The van der Waals surface area contributed by atoms with Crippen LogP contribution in [0.5, 0.6) is 0 Å². The van der Waals surface area contributed by atoms with Crippen LogP contribution in [0.15, 0.2) is 36.4 Å². The smallest absolute Gasteiger partial charge is 0.356 e. The van der Waals surface area contributed by atoms with Gasteiger partial charge in [0.05, 0.1) is 15.6 Å². The summed E-state index contributed by atoms with van der Waals surface area (Å²) in [6, 6.07) is 7.17. The number of nitrogens with one attached hydrogen (secondary N) is 3. The van der Waals surface area contributed by atoms with E-state index >= 15 is 0 Å². The molecule has 1 heterocycles. The largest absolute Gasteiger partial charge is 0.419 e. The van der Waals surface area contributed by atoms with Crippen LogP contribution >= 0.6 is 23.2 Å². The van der Waals surface area contributed by atoms with Crippen LogP contribution in [0, 0.1) is 11.7 Å². The number of anilines is 1. The molecule has 3 amide bonds. The molecule has 2 fully saturated rings. The van der Waals surface area contributed by atoms with Gasteiger partial charge >= 0.3 is 12.2 Å². The van der Waals surface area contributed by atoms with E-state index in [-0.39, 0.29) is 29.5 Å². The fourth-order valence-corrected chi connectivity index (χ4v) is 5.36. The number of hydrogen-bond acceptors (Lipinski definition) is 3. The summed E-state index contributed by atoms with van der Waals surface area (Å²) < 4.78 is 52.1. The second kappa shape index (κ2) is 13.4. The zero-order valence-corrected chi connectivity index (χ0v) is 23.3. The second-order valence-corrected chi connectivity index (χ2v) is 11.2. The van der Waals surface area contributed by atoms with Crippen molar-refractivity contribution >= 4 is 40.8 Å². The van der Waals surface area contributed by atoms with Crippen LogP contribution in [-0.2, 0) is 11.0 Å². The minimum Gasteiger partial charge on any atom is -0.356 e. The minimum atomic E-state index is -4.84. The molecule has 0 radical (unpaired) electrons. The number of amides is 3. The predicted octanol–water partition coefficient (Wildman–Crippen LogP) is 6.83. The van der Waals surface area contributed by atoms with Gasteiger partial charge in [0.25, 0.3) is 0 Å². The van der Waals surface area contributed by atoms with Crippen LogP contribution in [0.25, 0.3) is 0 Å². The lowest BCUT2D eigenvalue weighted by atomic mass is 10.0. The van der Waals surface area contributed by atoms with E-state index in [0.717, 1.165) is 69.8 Å². The summed E-state index contributed by atoms with van der Waals surface area (Å²) in [4.78, 5) is 27.0. The Balaban J connectivity index is 1.05. The van der Waals surface area contributed by atoms with E-state index in [1.54, 1.807) is 6.07 Å². The van der Waals surface area contributed by atoms with Crippen LogP contribution < -0.4 is 16.0 Å². The Kier molecular flexibility index (Phi) is 10.2. The molecule has 1 saturated heterocycles. The minimum absolute atomic E-state index is 0.0118. The molecule has 2 atom stereocenters. The van der Waals surface area contributed by atoms with Crippen molar-refractivity contribution in [1.82, 2.24) is 15.5 Å².